The highest BCUT2D eigenvalue weighted by Gasteiger charge is 2.16. The van der Waals surface area contributed by atoms with E-state index in [4.69, 9.17) is 9.47 Å². The molecule has 5 aromatic rings. The number of ether oxygens (including phenoxy) is 2. The van der Waals surface area contributed by atoms with Crippen molar-refractivity contribution >= 4 is 22.5 Å². The minimum absolute atomic E-state index is 0.0548. The van der Waals surface area contributed by atoms with Gasteiger partial charge in [0.2, 0.25) is 0 Å². The van der Waals surface area contributed by atoms with Crippen LogP contribution in [0, 0.1) is 0 Å². The van der Waals surface area contributed by atoms with Gasteiger partial charge >= 0.3 is 5.97 Å². The molecule has 5 rings (SSSR count). The minimum Gasteiger partial charge on any atom is -0.497 e. The van der Waals surface area contributed by atoms with Gasteiger partial charge in [0.25, 0.3) is 0 Å². The van der Waals surface area contributed by atoms with Gasteiger partial charge in [-0.1, -0.05) is 72.8 Å². The van der Waals surface area contributed by atoms with Crippen molar-refractivity contribution in [3.8, 4) is 33.8 Å². The van der Waals surface area contributed by atoms with Crippen molar-refractivity contribution in [1.29, 1.82) is 0 Å². The van der Waals surface area contributed by atoms with Gasteiger partial charge in [0, 0.05) is 5.56 Å². The third-order valence-electron chi connectivity index (χ3n) is 6.16. The van der Waals surface area contributed by atoms with E-state index in [0.717, 1.165) is 38.8 Å². The molecule has 4 heteroatoms. The Morgan fingerprint density at radius 1 is 0.583 bits per heavy atom. The second kappa shape index (κ2) is 9.88. The topological polar surface area (TPSA) is 52.6 Å². The number of rotatable bonds is 6. The summed E-state index contributed by atoms with van der Waals surface area (Å²) in [7, 11) is 1.66. The molecule has 176 valence electrons. The van der Waals surface area contributed by atoms with E-state index in [9.17, 15) is 9.59 Å². The normalized spacial score (nSPS) is 10.7. The average Bonchev–Trinajstić information content (AvgIpc) is 2.93. The van der Waals surface area contributed by atoms with E-state index >= 15 is 0 Å². The van der Waals surface area contributed by atoms with Gasteiger partial charge in [-0.25, -0.2) is 4.79 Å². The predicted molar refractivity (Wildman–Crippen MR) is 143 cm³/mol. The molecule has 5 aromatic carbocycles. The maximum atomic E-state index is 13.0. The van der Waals surface area contributed by atoms with Crippen LogP contribution in [0.1, 0.15) is 27.6 Å². The molecule has 0 radical (unpaired) electrons. The number of esters is 1. The maximum absolute atomic E-state index is 13.0. The molecule has 36 heavy (non-hydrogen) atoms. The molecular formula is C32H24O4. The monoisotopic (exact) mass is 472 g/mol. The van der Waals surface area contributed by atoms with Gasteiger partial charge in [0.15, 0.2) is 5.78 Å². The first-order valence-corrected chi connectivity index (χ1v) is 11.6. The summed E-state index contributed by atoms with van der Waals surface area (Å²) in [5.74, 6) is 0.636. The van der Waals surface area contributed by atoms with Crippen LogP contribution in [0.15, 0.2) is 109 Å². The van der Waals surface area contributed by atoms with Crippen LogP contribution in [0.2, 0.25) is 0 Å². The van der Waals surface area contributed by atoms with Crippen LogP contribution in [-0.2, 0) is 0 Å². The number of methoxy groups -OCH3 is 1. The molecule has 0 aliphatic carbocycles. The zero-order chi connectivity index (χ0) is 25.1. The summed E-state index contributed by atoms with van der Waals surface area (Å²) >= 11 is 0. The van der Waals surface area contributed by atoms with Crippen molar-refractivity contribution in [2.75, 3.05) is 7.11 Å². The Kier molecular flexibility index (Phi) is 6.33. The summed E-state index contributed by atoms with van der Waals surface area (Å²) in [6.07, 6.45) is 0. The van der Waals surface area contributed by atoms with Gasteiger partial charge in [-0.3, -0.25) is 4.79 Å². The molecule has 0 spiro atoms. The lowest BCUT2D eigenvalue weighted by atomic mass is 9.92. The fourth-order valence-electron chi connectivity index (χ4n) is 4.31. The molecular weight excluding hydrogens is 448 g/mol. The number of benzene rings is 5. The summed E-state index contributed by atoms with van der Waals surface area (Å²) in [5, 5.41) is 1.93. The van der Waals surface area contributed by atoms with Crippen molar-refractivity contribution in [3.63, 3.8) is 0 Å². The van der Waals surface area contributed by atoms with Crippen LogP contribution < -0.4 is 9.47 Å². The van der Waals surface area contributed by atoms with Crippen LogP contribution in [0.4, 0.5) is 0 Å². The Morgan fingerprint density at radius 3 is 1.56 bits per heavy atom. The third-order valence-corrected chi connectivity index (χ3v) is 6.16. The average molecular weight is 473 g/mol. The highest BCUT2D eigenvalue weighted by atomic mass is 16.5. The van der Waals surface area contributed by atoms with Gasteiger partial charge < -0.3 is 9.47 Å². The Balaban J connectivity index is 1.67. The molecule has 0 aromatic heterocycles. The van der Waals surface area contributed by atoms with Gasteiger partial charge in [0.1, 0.15) is 11.5 Å². The van der Waals surface area contributed by atoms with E-state index in [1.807, 2.05) is 84.9 Å². The number of fused-ring (bicyclic) bond motifs is 1. The van der Waals surface area contributed by atoms with Crippen molar-refractivity contribution in [2.45, 2.75) is 6.92 Å². The highest BCUT2D eigenvalue weighted by molar-refractivity contribution is 6.07. The second-order valence-corrected chi connectivity index (χ2v) is 8.50. The van der Waals surface area contributed by atoms with E-state index in [2.05, 4.69) is 0 Å². The number of Topliss-reactive ketones (excluding diaryl/α,β-unsaturated/α-hetero) is 1. The number of hydrogen-bond acceptors (Lipinski definition) is 4. The van der Waals surface area contributed by atoms with Crippen molar-refractivity contribution in [2.24, 2.45) is 0 Å². The molecule has 4 nitrogen and oxygen atoms in total. The van der Waals surface area contributed by atoms with Crippen LogP contribution >= 0.6 is 0 Å². The van der Waals surface area contributed by atoms with Crippen LogP contribution in [0.25, 0.3) is 33.0 Å². The molecule has 0 unspecified atom stereocenters. The first-order valence-electron chi connectivity index (χ1n) is 11.6. The van der Waals surface area contributed by atoms with Gasteiger partial charge in [-0.2, -0.15) is 0 Å². The van der Waals surface area contributed by atoms with Crippen molar-refractivity contribution in [1.82, 2.24) is 0 Å². The number of hydrogen-bond donors (Lipinski definition) is 0. The molecule has 0 aliphatic heterocycles. The summed E-state index contributed by atoms with van der Waals surface area (Å²) in [6, 6.07) is 34.3. The molecule has 0 amide bonds. The van der Waals surface area contributed by atoms with Gasteiger partial charge in [-0.05, 0) is 76.3 Å². The summed E-state index contributed by atoms with van der Waals surface area (Å²) in [5.41, 5.74) is 4.86. The molecule has 0 heterocycles. The van der Waals surface area contributed by atoms with Crippen molar-refractivity contribution in [3.05, 3.63) is 120 Å². The highest BCUT2D eigenvalue weighted by Crippen LogP contribution is 2.41. The van der Waals surface area contributed by atoms with E-state index in [0.29, 0.717) is 16.9 Å². The second-order valence-electron chi connectivity index (χ2n) is 8.50. The smallest absolute Gasteiger partial charge is 0.343 e. The largest absolute Gasteiger partial charge is 0.497 e. The van der Waals surface area contributed by atoms with Crippen LogP contribution in [0.3, 0.4) is 0 Å². The molecule has 0 saturated carbocycles. The zero-order valence-corrected chi connectivity index (χ0v) is 20.0. The quantitative estimate of drug-likeness (QED) is 0.145. The van der Waals surface area contributed by atoms with Crippen LogP contribution in [-0.4, -0.2) is 18.9 Å². The fourth-order valence-corrected chi connectivity index (χ4v) is 4.31. The lowest BCUT2D eigenvalue weighted by Crippen LogP contribution is -2.09. The summed E-state index contributed by atoms with van der Waals surface area (Å²) < 4.78 is 11.5. The molecule has 0 bridgehead atoms. The van der Waals surface area contributed by atoms with Gasteiger partial charge in [0.05, 0.1) is 12.7 Å². The van der Waals surface area contributed by atoms with E-state index in [1.165, 1.54) is 6.92 Å². The SMILES string of the molecule is COc1cc(-c2ccccc2)c2cc(OC(=O)c3ccc(C(C)=O)cc3)cc(-c3ccccc3)c2c1. The maximum Gasteiger partial charge on any atom is 0.343 e. The zero-order valence-electron chi connectivity index (χ0n) is 20.0. The molecule has 0 fully saturated rings. The first kappa shape index (κ1) is 23.1. The van der Waals surface area contributed by atoms with Crippen LogP contribution in [0.5, 0.6) is 11.5 Å². The molecule has 0 atom stereocenters. The molecule has 0 aliphatic rings. The Morgan fingerprint density at radius 2 is 1.06 bits per heavy atom. The molecule has 0 saturated heterocycles. The van der Waals surface area contributed by atoms with Crippen molar-refractivity contribution < 1.29 is 19.1 Å². The Hall–Kier alpha value is -4.70. The van der Waals surface area contributed by atoms with Gasteiger partial charge in [-0.15, -0.1) is 0 Å². The van der Waals surface area contributed by atoms with E-state index in [1.54, 1.807) is 31.4 Å². The Bertz CT molecular complexity index is 1550. The minimum atomic E-state index is -0.488. The summed E-state index contributed by atoms with van der Waals surface area (Å²) in [4.78, 5) is 24.6. The number of carbonyl (C=O) groups is 2. The fraction of sp³-hybridized carbons (Fsp3) is 0.0625. The third kappa shape index (κ3) is 4.62. The lowest BCUT2D eigenvalue weighted by Gasteiger charge is -2.16. The summed E-state index contributed by atoms with van der Waals surface area (Å²) in [6.45, 7) is 1.49. The Labute approximate surface area is 209 Å². The number of carbonyl (C=O) groups excluding carboxylic acids is 2. The molecule has 0 N–H and O–H groups in total. The lowest BCUT2D eigenvalue weighted by molar-refractivity contribution is 0.0734. The first-order chi connectivity index (χ1) is 17.5. The predicted octanol–water partition coefficient (Wildman–Crippen LogP) is 7.60. The standard InChI is InChI=1S/C32H24O4/c1-21(33)22-13-15-25(16-14-22)32(34)36-27-19-29(24-11-7-4-8-12-24)30-18-26(35-2)17-28(31(30)20-27)23-9-5-3-6-10-23/h3-20H,1-2H3. The van der Waals surface area contributed by atoms with E-state index < -0.39 is 5.97 Å². The van der Waals surface area contributed by atoms with E-state index in [-0.39, 0.29) is 5.78 Å². The number of ketones is 1.